The van der Waals surface area contributed by atoms with Crippen LogP contribution in [-0.4, -0.2) is 33.5 Å². The van der Waals surface area contributed by atoms with E-state index in [1.807, 2.05) is 30.5 Å². The molecule has 0 bridgehead atoms. The number of hydrogen-bond donors (Lipinski definition) is 2. The van der Waals surface area contributed by atoms with E-state index in [1.54, 1.807) is 13.3 Å². The van der Waals surface area contributed by atoms with Crippen LogP contribution in [0, 0.1) is 0 Å². The number of benzene rings is 1. The Kier molecular flexibility index (Phi) is 3.92. The topological polar surface area (TPSA) is 75.7 Å². The Bertz CT molecular complexity index is 758. The lowest BCUT2D eigenvalue weighted by molar-refractivity contribution is 0.410. The van der Waals surface area contributed by atoms with Gasteiger partial charge in [-0.15, -0.1) is 0 Å². The maximum Gasteiger partial charge on any atom is 0.191 e. The molecule has 108 valence electrons. The number of nitrogens with zero attached hydrogens (tertiary/aromatic N) is 3. The van der Waals surface area contributed by atoms with Crippen LogP contribution < -0.4 is 10.1 Å². The van der Waals surface area contributed by atoms with Crippen molar-refractivity contribution in [3.05, 3.63) is 36.0 Å². The Morgan fingerprint density at radius 1 is 1.29 bits per heavy atom. The number of thioether (sulfide) groups is 1. The third kappa shape index (κ3) is 2.78. The van der Waals surface area contributed by atoms with Gasteiger partial charge in [0.05, 0.1) is 18.7 Å². The summed E-state index contributed by atoms with van der Waals surface area (Å²) in [4.78, 5) is 8.87. The van der Waals surface area contributed by atoms with Crippen LogP contribution in [0.25, 0.3) is 11.0 Å². The maximum absolute atomic E-state index is 5.36. The molecule has 0 amide bonds. The number of para-hydroxylation sites is 1. The van der Waals surface area contributed by atoms with Gasteiger partial charge in [0.25, 0.3) is 0 Å². The summed E-state index contributed by atoms with van der Waals surface area (Å²) in [5, 5.41) is 11.8. The first-order valence-electron chi connectivity index (χ1n) is 6.42. The summed E-state index contributed by atoms with van der Waals surface area (Å²) in [6.45, 7) is 0.620. The lowest BCUT2D eigenvalue weighted by atomic mass is 10.2. The lowest BCUT2D eigenvalue weighted by Crippen LogP contribution is -2.04. The summed E-state index contributed by atoms with van der Waals surface area (Å²) < 4.78 is 5.36. The minimum absolute atomic E-state index is 0.620. The van der Waals surface area contributed by atoms with Crippen LogP contribution in [0.2, 0.25) is 0 Å². The average molecular weight is 301 g/mol. The number of aromatic amines is 1. The van der Waals surface area contributed by atoms with E-state index in [-0.39, 0.29) is 0 Å². The van der Waals surface area contributed by atoms with E-state index >= 15 is 0 Å². The number of nitrogens with one attached hydrogen (secondary N) is 2. The summed E-state index contributed by atoms with van der Waals surface area (Å²) in [6, 6.07) is 7.90. The van der Waals surface area contributed by atoms with Gasteiger partial charge in [-0.2, -0.15) is 5.10 Å². The molecule has 7 heteroatoms. The van der Waals surface area contributed by atoms with Gasteiger partial charge in [0.15, 0.2) is 10.8 Å². The number of ether oxygens (including phenoxy) is 1. The van der Waals surface area contributed by atoms with Crippen LogP contribution >= 0.6 is 11.8 Å². The molecule has 2 N–H and O–H groups in total. The maximum atomic E-state index is 5.36. The molecule has 0 saturated heterocycles. The molecule has 2 heterocycles. The van der Waals surface area contributed by atoms with Gasteiger partial charge < -0.3 is 10.1 Å². The largest absolute Gasteiger partial charge is 0.496 e. The standard InChI is InChI=1S/C14H15N5OS/c1-20-11-6-4-3-5-9(11)7-15-12-10-8-16-19-13(10)18-14(17-12)21-2/h3-6,8H,7H2,1-2H3,(H2,15,16,17,18,19). The zero-order chi connectivity index (χ0) is 14.7. The fraction of sp³-hybridized carbons (Fsp3) is 0.214. The molecule has 6 nitrogen and oxygen atoms in total. The van der Waals surface area contributed by atoms with Crippen molar-refractivity contribution in [3.63, 3.8) is 0 Å². The number of anilines is 1. The van der Waals surface area contributed by atoms with E-state index < -0.39 is 0 Å². The minimum Gasteiger partial charge on any atom is -0.496 e. The van der Waals surface area contributed by atoms with Gasteiger partial charge >= 0.3 is 0 Å². The van der Waals surface area contributed by atoms with Crippen LogP contribution in [-0.2, 0) is 6.54 Å². The molecule has 3 aromatic rings. The molecule has 2 aromatic heterocycles. The van der Waals surface area contributed by atoms with Crippen molar-refractivity contribution in [2.45, 2.75) is 11.7 Å². The molecule has 0 atom stereocenters. The predicted octanol–water partition coefficient (Wildman–Crippen LogP) is 2.70. The van der Waals surface area contributed by atoms with Gasteiger partial charge in [-0.3, -0.25) is 5.10 Å². The van der Waals surface area contributed by atoms with E-state index in [0.29, 0.717) is 11.7 Å². The third-order valence-corrected chi connectivity index (χ3v) is 3.66. The summed E-state index contributed by atoms with van der Waals surface area (Å²) in [5.74, 6) is 1.62. The molecule has 0 fully saturated rings. The van der Waals surface area contributed by atoms with Gasteiger partial charge in [0.1, 0.15) is 11.6 Å². The lowest BCUT2D eigenvalue weighted by Gasteiger charge is -2.10. The van der Waals surface area contributed by atoms with Crippen molar-refractivity contribution in [3.8, 4) is 5.75 Å². The molecule has 0 radical (unpaired) electrons. The summed E-state index contributed by atoms with van der Waals surface area (Å²) in [5.41, 5.74) is 1.80. The molecule has 0 aliphatic carbocycles. The molecular formula is C14H15N5OS. The van der Waals surface area contributed by atoms with Crippen molar-refractivity contribution in [2.24, 2.45) is 0 Å². The van der Waals surface area contributed by atoms with E-state index in [0.717, 1.165) is 28.2 Å². The molecular weight excluding hydrogens is 286 g/mol. The van der Waals surface area contributed by atoms with E-state index in [9.17, 15) is 0 Å². The second-order valence-electron chi connectivity index (χ2n) is 4.36. The first kappa shape index (κ1) is 13.7. The van der Waals surface area contributed by atoms with Gasteiger partial charge in [-0.25, -0.2) is 9.97 Å². The highest BCUT2D eigenvalue weighted by atomic mass is 32.2. The first-order chi connectivity index (χ1) is 10.3. The zero-order valence-electron chi connectivity index (χ0n) is 11.8. The normalized spacial score (nSPS) is 10.8. The Labute approximate surface area is 126 Å². The molecule has 0 saturated carbocycles. The molecule has 0 unspecified atom stereocenters. The van der Waals surface area contributed by atoms with Gasteiger partial charge in [-0.1, -0.05) is 30.0 Å². The van der Waals surface area contributed by atoms with Gasteiger partial charge in [0.2, 0.25) is 0 Å². The Balaban J connectivity index is 1.89. The highest BCUT2D eigenvalue weighted by Crippen LogP contribution is 2.24. The van der Waals surface area contributed by atoms with Gasteiger partial charge in [-0.05, 0) is 12.3 Å². The van der Waals surface area contributed by atoms with Crippen molar-refractivity contribution < 1.29 is 4.74 Å². The molecule has 0 spiro atoms. The average Bonchev–Trinajstić information content (AvgIpc) is 3.01. The zero-order valence-corrected chi connectivity index (χ0v) is 12.6. The summed E-state index contributed by atoms with van der Waals surface area (Å²) in [6.07, 6.45) is 3.67. The summed E-state index contributed by atoms with van der Waals surface area (Å²) in [7, 11) is 1.67. The number of methoxy groups -OCH3 is 1. The smallest absolute Gasteiger partial charge is 0.191 e. The summed E-state index contributed by atoms with van der Waals surface area (Å²) >= 11 is 1.50. The van der Waals surface area contributed by atoms with Crippen molar-refractivity contribution in [2.75, 3.05) is 18.7 Å². The Morgan fingerprint density at radius 3 is 2.95 bits per heavy atom. The number of hydrogen-bond acceptors (Lipinski definition) is 6. The second-order valence-corrected chi connectivity index (χ2v) is 5.13. The van der Waals surface area contributed by atoms with Crippen molar-refractivity contribution >= 4 is 28.6 Å². The van der Waals surface area contributed by atoms with Crippen LogP contribution in [0.3, 0.4) is 0 Å². The fourth-order valence-electron chi connectivity index (χ4n) is 2.07. The van der Waals surface area contributed by atoms with Crippen LogP contribution in [0.15, 0.2) is 35.6 Å². The SMILES string of the molecule is COc1ccccc1CNc1nc(SC)nc2[nH]ncc12. The van der Waals surface area contributed by atoms with Crippen LogP contribution in [0.5, 0.6) is 5.75 Å². The van der Waals surface area contributed by atoms with Crippen molar-refractivity contribution in [1.82, 2.24) is 20.2 Å². The molecule has 3 rings (SSSR count). The van der Waals surface area contributed by atoms with Crippen LogP contribution in [0.1, 0.15) is 5.56 Å². The fourth-order valence-corrected chi connectivity index (χ4v) is 2.43. The van der Waals surface area contributed by atoms with Crippen molar-refractivity contribution in [1.29, 1.82) is 0 Å². The predicted molar refractivity (Wildman–Crippen MR) is 83.8 cm³/mol. The van der Waals surface area contributed by atoms with E-state index in [2.05, 4.69) is 25.5 Å². The number of fused-ring (bicyclic) bond motifs is 1. The number of H-pyrrole nitrogens is 1. The number of aromatic nitrogens is 4. The minimum atomic E-state index is 0.620. The van der Waals surface area contributed by atoms with E-state index in [4.69, 9.17) is 4.74 Å². The molecule has 0 aliphatic rings. The third-order valence-electron chi connectivity index (χ3n) is 3.11. The molecule has 1 aromatic carbocycles. The van der Waals surface area contributed by atoms with Gasteiger partial charge in [0, 0.05) is 12.1 Å². The highest BCUT2D eigenvalue weighted by molar-refractivity contribution is 7.98. The molecule has 0 aliphatic heterocycles. The number of rotatable bonds is 5. The Hall–Kier alpha value is -2.28. The molecule has 21 heavy (non-hydrogen) atoms. The van der Waals surface area contributed by atoms with E-state index in [1.165, 1.54) is 11.8 Å². The first-order valence-corrected chi connectivity index (χ1v) is 7.65. The second kappa shape index (κ2) is 6.01. The van der Waals surface area contributed by atoms with Crippen LogP contribution in [0.4, 0.5) is 5.82 Å². The monoisotopic (exact) mass is 301 g/mol. The Morgan fingerprint density at radius 2 is 2.14 bits per heavy atom. The highest BCUT2D eigenvalue weighted by Gasteiger charge is 2.10. The quantitative estimate of drug-likeness (QED) is 0.557.